The van der Waals surface area contributed by atoms with Crippen molar-refractivity contribution in [3.63, 3.8) is 0 Å². The average Bonchev–Trinajstić information content (AvgIpc) is 2.40. The molecule has 0 spiro atoms. The van der Waals surface area contributed by atoms with E-state index in [9.17, 15) is 4.79 Å². The van der Waals surface area contributed by atoms with Gasteiger partial charge in [-0.3, -0.25) is 0 Å². The first-order chi connectivity index (χ1) is 9.83. The van der Waals surface area contributed by atoms with Gasteiger partial charge >= 0.3 is 6.09 Å². The lowest BCUT2D eigenvalue weighted by Crippen LogP contribution is -2.41. The van der Waals surface area contributed by atoms with E-state index in [1.165, 1.54) is 5.56 Å². The first-order valence-corrected chi connectivity index (χ1v) is 8.02. The molecular weight excluding hydrogens is 330 g/mol. The monoisotopic (exact) mass is 351 g/mol. The summed E-state index contributed by atoms with van der Waals surface area (Å²) >= 11 is 3.44. The average molecular weight is 352 g/mol. The zero-order chi connectivity index (χ0) is 15.5. The number of halogens is 1. The molecule has 1 aromatic carbocycles. The summed E-state index contributed by atoms with van der Waals surface area (Å²) < 4.78 is 6.52. The van der Waals surface area contributed by atoms with E-state index < -0.39 is 5.60 Å². The largest absolute Gasteiger partial charge is 0.444 e. The van der Waals surface area contributed by atoms with Crippen molar-refractivity contribution in [1.29, 1.82) is 0 Å². The Morgan fingerprint density at radius 2 is 2.00 bits per heavy atom. The Morgan fingerprint density at radius 1 is 1.33 bits per heavy atom. The lowest BCUT2D eigenvalue weighted by molar-refractivity contribution is 0.0244. The van der Waals surface area contributed by atoms with Crippen LogP contribution in [0.2, 0.25) is 0 Å². The number of nitrogens with zero attached hydrogens (tertiary/aromatic N) is 1. The minimum atomic E-state index is -0.445. The maximum Gasteiger partial charge on any atom is 0.410 e. The van der Waals surface area contributed by atoms with Crippen LogP contribution in [0.15, 0.2) is 40.9 Å². The van der Waals surface area contributed by atoms with E-state index in [4.69, 9.17) is 4.74 Å². The van der Waals surface area contributed by atoms with Crippen LogP contribution in [0, 0.1) is 5.92 Å². The molecule has 1 unspecified atom stereocenters. The molecule has 0 fully saturated rings. The second-order valence-electron chi connectivity index (χ2n) is 6.40. The van der Waals surface area contributed by atoms with Gasteiger partial charge in [0.15, 0.2) is 0 Å². The summed E-state index contributed by atoms with van der Waals surface area (Å²) in [5.74, 6) is 0.340. The fourth-order valence-electron chi connectivity index (χ4n) is 2.33. The highest BCUT2D eigenvalue weighted by Crippen LogP contribution is 2.19. The molecule has 0 N–H and O–H groups in total. The van der Waals surface area contributed by atoms with Gasteiger partial charge in [-0.15, -0.1) is 0 Å². The van der Waals surface area contributed by atoms with Gasteiger partial charge in [-0.2, -0.15) is 0 Å². The fourth-order valence-corrected chi connectivity index (χ4v) is 2.59. The summed E-state index contributed by atoms with van der Waals surface area (Å²) in [6, 6.07) is 8.33. The zero-order valence-electron chi connectivity index (χ0n) is 12.8. The highest BCUT2D eigenvalue weighted by Gasteiger charge is 2.25. The first-order valence-electron chi connectivity index (χ1n) is 7.22. The number of rotatable bonds is 2. The number of hydrogen-bond acceptors (Lipinski definition) is 2. The van der Waals surface area contributed by atoms with E-state index in [-0.39, 0.29) is 6.09 Å². The van der Waals surface area contributed by atoms with Crippen LogP contribution < -0.4 is 0 Å². The molecule has 21 heavy (non-hydrogen) atoms. The molecule has 4 heteroatoms. The third-order valence-corrected chi connectivity index (χ3v) is 3.78. The quantitative estimate of drug-likeness (QED) is 0.738. The number of ether oxygens (including phenoxy) is 1. The van der Waals surface area contributed by atoms with Gasteiger partial charge in [-0.25, -0.2) is 4.79 Å². The SMILES string of the molecule is CC(C)(C)OC(=O)N1CC=CC(Cc2ccc(Br)cc2)C1. The molecule has 1 aromatic rings. The van der Waals surface area contributed by atoms with Crippen LogP contribution in [-0.4, -0.2) is 29.7 Å². The molecule has 114 valence electrons. The number of hydrogen-bond donors (Lipinski definition) is 0. The number of carbonyl (C=O) groups is 1. The Labute approximate surface area is 135 Å². The molecule has 0 aromatic heterocycles. The molecule has 1 aliphatic rings. The van der Waals surface area contributed by atoms with Crippen LogP contribution in [0.4, 0.5) is 4.79 Å². The van der Waals surface area contributed by atoms with Crippen LogP contribution in [0.1, 0.15) is 26.3 Å². The lowest BCUT2D eigenvalue weighted by Gasteiger charge is -2.31. The summed E-state index contributed by atoms with van der Waals surface area (Å²) in [5.41, 5.74) is 0.832. The second kappa shape index (κ2) is 6.65. The number of amides is 1. The van der Waals surface area contributed by atoms with E-state index in [0.29, 0.717) is 19.0 Å². The normalized spacial score (nSPS) is 18.7. The molecule has 1 amide bonds. The van der Waals surface area contributed by atoms with Gasteiger partial charge in [0.25, 0.3) is 0 Å². The molecular formula is C17H22BrNO2. The lowest BCUT2D eigenvalue weighted by atomic mass is 9.96. The smallest absolute Gasteiger partial charge is 0.410 e. The molecule has 2 rings (SSSR count). The van der Waals surface area contributed by atoms with Crippen molar-refractivity contribution in [3.8, 4) is 0 Å². The molecule has 3 nitrogen and oxygen atoms in total. The highest BCUT2D eigenvalue weighted by atomic mass is 79.9. The minimum Gasteiger partial charge on any atom is -0.444 e. The van der Waals surface area contributed by atoms with Crippen LogP contribution in [-0.2, 0) is 11.2 Å². The summed E-state index contributed by atoms with van der Waals surface area (Å²) in [6.07, 6.45) is 4.95. The third kappa shape index (κ3) is 5.20. The number of benzene rings is 1. The van der Waals surface area contributed by atoms with Crippen molar-refractivity contribution in [3.05, 3.63) is 46.5 Å². The topological polar surface area (TPSA) is 29.5 Å². The first kappa shape index (κ1) is 16.1. The number of carbonyl (C=O) groups excluding carboxylic acids is 1. The molecule has 0 saturated carbocycles. The molecule has 1 atom stereocenters. The maximum atomic E-state index is 12.1. The molecule has 0 aliphatic carbocycles. The second-order valence-corrected chi connectivity index (χ2v) is 7.32. The Bertz CT molecular complexity index is 517. The van der Waals surface area contributed by atoms with Crippen LogP contribution >= 0.6 is 15.9 Å². The van der Waals surface area contributed by atoms with Crippen molar-refractivity contribution in [2.24, 2.45) is 5.92 Å². The Kier molecular flexibility index (Phi) is 5.09. The summed E-state index contributed by atoms with van der Waals surface area (Å²) in [6.45, 7) is 7.02. The minimum absolute atomic E-state index is 0.229. The third-order valence-electron chi connectivity index (χ3n) is 3.25. The predicted octanol–water partition coefficient (Wildman–Crippen LogP) is 4.41. The van der Waals surface area contributed by atoms with Crippen LogP contribution in [0.5, 0.6) is 0 Å². The van der Waals surface area contributed by atoms with Crippen molar-refractivity contribution >= 4 is 22.0 Å². The van der Waals surface area contributed by atoms with Crippen molar-refractivity contribution in [2.75, 3.05) is 13.1 Å². The van der Waals surface area contributed by atoms with Gasteiger partial charge in [-0.1, -0.05) is 40.2 Å². The van der Waals surface area contributed by atoms with E-state index in [0.717, 1.165) is 10.9 Å². The maximum absolute atomic E-state index is 12.1. The fraction of sp³-hybridized carbons (Fsp3) is 0.471. The Morgan fingerprint density at radius 3 is 2.62 bits per heavy atom. The van der Waals surface area contributed by atoms with Crippen LogP contribution in [0.25, 0.3) is 0 Å². The van der Waals surface area contributed by atoms with Crippen LogP contribution in [0.3, 0.4) is 0 Å². The molecule has 0 saturated heterocycles. The van der Waals surface area contributed by atoms with E-state index in [1.807, 2.05) is 32.9 Å². The molecule has 1 aliphatic heterocycles. The van der Waals surface area contributed by atoms with Gasteiger partial charge in [0.2, 0.25) is 0 Å². The zero-order valence-corrected chi connectivity index (χ0v) is 14.4. The predicted molar refractivity (Wildman–Crippen MR) is 88.3 cm³/mol. The summed E-state index contributed by atoms with van der Waals surface area (Å²) in [7, 11) is 0. The Hall–Kier alpha value is -1.29. The summed E-state index contributed by atoms with van der Waals surface area (Å²) in [4.78, 5) is 13.9. The van der Waals surface area contributed by atoms with Crippen molar-refractivity contribution in [2.45, 2.75) is 32.8 Å². The Balaban J connectivity index is 1.94. The van der Waals surface area contributed by atoms with E-state index >= 15 is 0 Å². The van der Waals surface area contributed by atoms with E-state index in [2.05, 4.69) is 40.2 Å². The van der Waals surface area contributed by atoms with Crippen molar-refractivity contribution < 1.29 is 9.53 Å². The van der Waals surface area contributed by atoms with Gasteiger partial charge in [0.1, 0.15) is 5.60 Å². The molecule has 1 heterocycles. The molecule has 0 radical (unpaired) electrons. The van der Waals surface area contributed by atoms with Crippen molar-refractivity contribution in [1.82, 2.24) is 4.90 Å². The summed E-state index contributed by atoms with van der Waals surface area (Å²) in [5, 5.41) is 0. The van der Waals surface area contributed by atoms with Gasteiger partial charge < -0.3 is 9.64 Å². The van der Waals surface area contributed by atoms with E-state index in [1.54, 1.807) is 4.90 Å². The highest BCUT2D eigenvalue weighted by molar-refractivity contribution is 9.10. The van der Waals surface area contributed by atoms with Gasteiger partial charge in [-0.05, 0) is 50.8 Å². The van der Waals surface area contributed by atoms with Gasteiger partial charge in [0, 0.05) is 17.6 Å². The van der Waals surface area contributed by atoms with Gasteiger partial charge in [0.05, 0.1) is 0 Å². The molecule has 0 bridgehead atoms. The standard InChI is InChI=1S/C17H22BrNO2/c1-17(2,3)21-16(20)19-10-4-5-14(12-19)11-13-6-8-15(18)9-7-13/h4-9,14H,10-12H2,1-3H3.